The molecule has 3 aromatic carbocycles. The number of nitrogens with zero attached hydrogens (tertiary/aromatic N) is 2. The number of carbonyl (C=O) groups excluding carboxylic acids is 1. The second kappa shape index (κ2) is 7.49. The average Bonchev–Trinajstić information content (AvgIpc) is 3.03. The summed E-state index contributed by atoms with van der Waals surface area (Å²) in [5.74, 6) is 0.581. The van der Waals surface area contributed by atoms with E-state index in [1.165, 1.54) is 0 Å². The number of fused-ring (bicyclic) bond motifs is 1. The third kappa shape index (κ3) is 3.39. The number of aryl methyl sites for hydroxylation is 2. The van der Waals surface area contributed by atoms with Gasteiger partial charge in [-0.3, -0.25) is 4.79 Å². The number of hydrogen-bond acceptors (Lipinski definition) is 2. The summed E-state index contributed by atoms with van der Waals surface area (Å²) >= 11 is 6.41. The molecule has 28 heavy (non-hydrogen) atoms. The van der Waals surface area contributed by atoms with Crippen LogP contribution in [0.4, 0.5) is 5.69 Å². The van der Waals surface area contributed by atoms with Gasteiger partial charge in [-0.15, -0.1) is 0 Å². The number of para-hydroxylation sites is 3. The molecule has 0 radical (unpaired) electrons. The maximum atomic E-state index is 12.9. The number of anilines is 1. The standard InChI is InChI=1S/C23H20ClN3O/c1-15-8-7-9-16(2)22(15)26-21(28)14-27-20-13-6-5-12-19(20)25-23(27)17-10-3-4-11-18(17)24/h3-13H,14H2,1-2H3,(H,26,28). The van der Waals surface area contributed by atoms with Crippen molar-refractivity contribution in [2.24, 2.45) is 0 Å². The van der Waals surface area contributed by atoms with Crippen LogP contribution in [-0.2, 0) is 11.3 Å². The molecule has 4 aromatic rings. The van der Waals surface area contributed by atoms with E-state index in [0.717, 1.165) is 33.4 Å². The van der Waals surface area contributed by atoms with Crippen LogP contribution >= 0.6 is 11.6 Å². The zero-order chi connectivity index (χ0) is 19.7. The number of amides is 1. The minimum absolute atomic E-state index is 0.103. The van der Waals surface area contributed by atoms with E-state index in [2.05, 4.69) is 5.32 Å². The molecule has 0 aliphatic rings. The summed E-state index contributed by atoms with van der Waals surface area (Å²) in [7, 11) is 0. The highest BCUT2D eigenvalue weighted by Crippen LogP contribution is 2.30. The molecule has 0 saturated carbocycles. The molecule has 0 unspecified atom stereocenters. The molecule has 4 rings (SSSR count). The first-order valence-electron chi connectivity index (χ1n) is 9.11. The largest absolute Gasteiger partial charge is 0.324 e. The van der Waals surface area contributed by atoms with Crippen molar-refractivity contribution in [3.63, 3.8) is 0 Å². The van der Waals surface area contributed by atoms with Gasteiger partial charge in [-0.05, 0) is 49.2 Å². The summed E-state index contributed by atoms with van der Waals surface area (Å²) in [5, 5.41) is 3.66. The Bertz CT molecular complexity index is 1160. The molecule has 5 heteroatoms. The van der Waals surface area contributed by atoms with Gasteiger partial charge in [0.1, 0.15) is 12.4 Å². The molecule has 1 amide bonds. The monoisotopic (exact) mass is 389 g/mol. The number of carbonyl (C=O) groups is 1. The van der Waals surface area contributed by atoms with Crippen molar-refractivity contribution in [2.75, 3.05) is 5.32 Å². The fourth-order valence-electron chi connectivity index (χ4n) is 3.42. The summed E-state index contributed by atoms with van der Waals surface area (Å²) in [6, 6.07) is 21.3. The summed E-state index contributed by atoms with van der Waals surface area (Å²) < 4.78 is 1.92. The molecule has 0 saturated heterocycles. The zero-order valence-corrected chi connectivity index (χ0v) is 16.5. The Kier molecular flexibility index (Phi) is 4.88. The molecule has 0 fully saturated rings. The first kappa shape index (κ1) is 18.3. The van der Waals surface area contributed by atoms with Crippen LogP contribution in [0.25, 0.3) is 22.4 Å². The molecule has 0 aliphatic carbocycles. The highest BCUT2D eigenvalue weighted by molar-refractivity contribution is 6.33. The zero-order valence-electron chi connectivity index (χ0n) is 15.7. The highest BCUT2D eigenvalue weighted by atomic mass is 35.5. The Morgan fingerprint density at radius 1 is 0.964 bits per heavy atom. The van der Waals surface area contributed by atoms with Crippen LogP contribution in [0, 0.1) is 13.8 Å². The Hall–Kier alpha value is -3.11. The topological polar surface area (TPSA) is 46.9 Å². The lowest BCUT2D eigenvalue weighted by Crippen LogP contribution is -2.20. The van der Waals surface area contributed by atoms with Gasteiger partial charge in [0.15, 0.2) is 0 Å². The Morgan fingerprint density at radius 2 is 1.64 bits per heavy atom. The first-order chi connectivity index (χ1) is 13.5. The lowest BCUT2D eigenvalue weighted by atomic mass is 10.1. The molecule has 0 atom stereocenters. The number of halogens is 1. The van der Waals surface area contributed by atoms with Gasteiger partial charge in [0.2, 0.25) is 5.91 Å². The van der Waals surface area contributed by atoms with E-state index in [1.807, 2.05) is 85.1 Å². The van der Waals surface area contributed by atoms with Gasteiger partial charge in [0, 0.05) is 11.3 Å². The van der Waals surface area contributed by atoms with Crippen LogP contribution in [0.1, 0.15) is 11.1 Å². The van der Waals surface area contributed by atoms with Crippen molar-refractivity contribution < 1.29 is 4.79 Å². The van der Waals surface area contributed by atoms with Crippen molar-refractivity contribution in [2.45, 2.75) is 20.4 Å². The second-order valence-electron chi connectivity index (χ2n) is 6.81. The minimum atomic E-state index is -0.103. The van der Waals surface area contributed by atoms with E-state index in [0.29, 0.717) is 10.8 Å². The van der Waals surface area contributed by atoms with E-state index < -0.39 is 0 Å². The lowest BCUT2D eigenvalue weighted by Gasteiger charge is -2.14. The van der Waals surface area contributed by atoms with Crippen molar-refractivity contribution in [3.05, 3.63) is 82.9 Å². The molecule has 0 aliphatic heterocycles. The first-order valence-corrected chi connectivity index (χ1v) is 9.48. The van der Waals surface area contributed by atoms with Crippen LogP contribution in [0.3, 0.4) is 0 Å². The van der Waals surface area contributed by atoms with E-state index >= 15 is 0 Å². The summed E-state index contributed by atoms with van der Waals surface area (Å²) in [4.78, 5) is 17.6. The molecule has 0 spiro atoms. The van der Waals surface area contributed by atoms with Crippen molar-refractivity contribution in [1.82, 2.24) is 9.55 Å². The van der Waals surface area contributed by atoms with Gasteiger partial charge in [-0.25, -0.2) is 4.98 Å². The molecule has 1 N–H and O–H groups in total. The Balaban J connectivity index is 1.75. The summed E-state index contributed by atoms with van der Waals surface area (Å²) in [6.45, 7) is 4.13. The molecule has 1 aromatic heterocycles. The lowest BCUT2D eigenvalue weighted by molar-refractivity contribution is -0.116. The molecule has 4 nitrogen and oxygen atoms in total. The van der Waals surface area contributed by atoms with Crippen LogP contribution in [0.2, 0.25) is 5.02 Å². The predicted molar refractivity (Wildman–Crippen MR) is 115 cm³/mol. The quantitative estimate of drug-likeness (QED) is 0.493. The van der Waals surface area contributed by atoms with Crippen LogP contribution in [0.15, 0.2) is 66.7 Å². The van der Waals surface area contributed by atoms with Crippen LogP contribution in [0.5, 0.6) is 0 Å². The molecule has 1 heterocycles. The van der Waals surface area contributed by atoms with Crippen molar-refractivity contribution in [3.8, 4) is 11.4 Å². The fraction of sp³-hybridized carbons (Fsp3) is 0.130. The third-order valence-electron chi connectivity index (χ3n) is 4.82. The highest BCUT2D eigenvalue weighted by Gasteiger charge is 2.17. The van der Waals surface area contributed by atoms with Gasteiger partial charge in [0.25, 0.3) is 0 Å². The number of benzene rings is 3. The van der Waals surface area contributed by atoms with E-state index in [1.54, 1.807) is 0 Å². The molecule has 140 valence electrons. The van der Waals surface area contributed by atoms with Gasteiger partial charge in [-0.1, -0.05) is 54.1 Å². The maximum absolute atomic E-state index is 12.9. The number of aromatic nitrogens is 2. The van der Waals surface area contributed by atoms with Crippen molar-refractivity contribution in [1.29, 1.82) is 0 Å². The normalized spacial score (nSPS) is 11.0. The number of nitrogens with one attached hydrogen (secondary N) is 1. The fourth-order valence-corrected chi connectivity index (χ4v) is 3.64. The van der Waals surface area contributed by atoms with E-state index in [9.17, 15) is 4.79 Å². The van der Waals surface area contributed by atoms with E-state index in [-0.39, 0.29) is 12.5 Å². The summed E-state index contributed by atoms with van der Waals surface area (Å²) in [5.41, 5.74) is 5.47. The van der Waals surface area contributed by atoms with Gasteiger partial charge in [0.05, 0.1) is 16.1 Å². The molecular weight excluding hydrogens is 370 g/mol. The Labute approximate surface area is 168 Å². The van der Waals surface area contributed by atoms with Gasteiger partial charge < -0.3 is 9.88 Å². The number of imidazole rings is 1. The third-order valence-corrected chi connectivity index (χ3v) is 5.15. The summed E-state index contributed by atoms with van der Waals surface area (Å²) in [6.07, 6.45) is 0. The smallest absolute Gasteiger partial charge is 0.244 e. The molecule has 0 bridgehead atoms. The average molecular weight is 390 g/mol. The maximum Gasteiger partial charge on any atom is 0.244 e. The number of rotatable bonds is 4. The van der Waals surface area contributed by atoms with Crippen molar-refractivity contribution >= 4 is 34.2 Å². The van der Waals surface area contributed by atoms with E-state index in [4.69, 9.17) is 16.6 Å². The minimum Gasteiger partial charge on any atom is -0.324 e. The number of hydrogen-bond donors (Lipinski definition) is 1. The Morgan fingerprint density at radius 3 is 2.39 bits per heavy atom. The van der Waals surface area contributed by atoms with Crippen LogP contribution < -0.4 is 5.32 Å². The van der Waals surface area contributed by atoms with Crippen LogP contribution in [-0.4, -0.2) is 15.5 Å². The van der Waals surface area contributed by atoms with Gasteiger partial charge in [-0.2, -0.15) is 0 Å². The molecular formula is C23H20ClN3O. The SMILES string of the molecule is Cc1cccc(C)c1NC(=O)Cn1c(-c2ccccc2Cl)nc2ccccc21. The van der Waals surface area contributed by atoms with Gasteiger partial charge >= 0.3 is 0 Å². The predicted octanol–water partition coefficient (Wildman–Crippen LogP) is 5.61. The second-order valence-corrected chi connectivity index (χ2v) is 7.21.